The highest BCUT2D eigenvalue weighted by molar-refractivity contribution is 6.07. The van der Waals surface area contributed by atoms with Crippen molar-refractivity contribution in [2.45, 2.75) is 19.9 Å². The fourth-order valence-corrected chi connectivity index (χ4v) is 3.31. The van der Waals surface area contributed by atoms with Crippen LogP contribution in [0.25, 0.3) is 22.3 Å². The van der Waals surface area contributed by atoms with Crippen LogP contribution in [0.2, 0.25) is 0 Å². The number of imidazole rings is 1. The van der Waals surface area contributed by atoms with Crippen molar-refractivity contribution >= 4 is 16.8 Å². The summed E-state index contributed by atoms with van der Waals surface area (Å²) in [5.41, 5.74) is 3.02. The minimum absolute atomic E-state index is 0.0932. The molecule has 0 radical (unpaired) electrons. The first-order chi connectivity index (χ1) is 13.6. The SMILES string of the molecule is Cc1nccn1CCCNC(=O)c1cc(-c2ccnn2C)nc2ccccc12. The Morgan fingerprint density at radius 3 is 2.79 bits per heavy atom. The van der Waals surface area contributed by atoms with Gasteiger partial charge in [0.1, 0.15) is 5.82 Å². The number of rotatable bonds is 6. The number of fused-ring (bicyclic) bond motifs is 1. The van der Waals surface area contributed by atoms with Crippen molar-refractivity contribution in [2.24, 2.45) is 7.05 Å². The van der Waals surface area contributed by atoms with E-state index in [1.54, 1.807) is 17.1 Å². The number of hydrogen-bond acceptors (Lipinski definition) is 4. The van der Waals surface area contributed by atoms with Crippen molar-refractivity contribution < 1.29 is 4.79 Å². The predicted molar refractivity (Wildman–Crippen MR) is 108 cm³/mol. The van der Waals surface area contributed by atoms with E-state index in [1.165, 1.54) is 0 Å². The summed E-state index contributed by atoms with van der Waals surface area (Å²) in [4.78, 5) is 21.8. The predicted octanol–water partition coefficient (Wildman–Crippen LogP) is 2.96. The summed E-state index contributed by atoms with van der Waals surface area (Å²) in [6.45, 7) is 3.39. The minimum Gasteiger partial charge on any atom is -0.352 e. The molecule has 4 rings (SSSR count). The van der Waals surface area contributed by atoms with Crippen LogP contribution in [-0.4, -0.2) is 36.8 Å². The van der Waals surface area contributed by atoms with Crippen LogP contribution in [0.15, 0.2) is 55.0 Å². The quantitative estimate of drug-likeness (QED) is 0.526. The number of hydrogen-bond donors (Lipinski definition) is 1. The molecule has 142 valence electrons. The number of para-hydroxylation sites is 1. The molecule has 3 heterocycles. The third-order valence-corrected chi connectivity index (χ3v) is 4.83. The maximum atomic E-state index is 12.9. The molecular weight excluding hydrogens is 352 g/mol. The van der Waals surface area contributed by atoms with Crippen molar-refractivity contribution in [3.63, 3.8) is 0 Å². The number of benzene rings is 1. The van der Waals surface area contributed by atoms with Gasteiger partial charge in [-0.15, -0.1) is 0 Å². The lowest BCUT2D eigenvalue weighted by Gasteiger charge is -2.11. The lowest BCUT2D eigenvalue weighted by atomic mass is 10.1. The monoisotopic (exact) mass is 374 g/mol. The van der Waals surface area contributed by atoms with Crippen LogP contribution in [-0.2, 0) is 13.6 Å². The smallest absolute Gasteiger partial charge is 0.252 e. The molecule has 0 aliphatic carbocycles. The Morgan fingerprint density at radius 1 is 1.18 bits per heavy atom. The first kappa shape index (κ1) is 17.9. The first-order valence-corrected chi connectivity index (χ1v) is 9.27. The number of carbonyl (C=O) groups is 1. The normalized spacial score (nSPS) is 11.1. The molecular formula is C21H22N6O. The largest absolute Gasteiger partial charge is 0.352 e. The molecule has 7 nitrogen and oxygen atoms in total. The van der Waals surface area contributed by atoms with Gasteiger partial charge in [-0.25, -0.2) is 9.97 Å². The van der Waals surface area contributed by atoms with Gasteiger partial charge in [-0.2, -0.15) is 5.10 Å². The van der Waals surface area contributed by atoms with Crippen molar-refractivity contribution in [3.8, 4) is 11.4 Å². The van der Waals surface area contributed by atoms with Gasteiger partial charge in [-0.05, 0) is 31.5 Å². The van der Waals surface area contributed by atoms with Gasteiger partial charge in [0, 0.05) is 44.1 Å². The average Bonchev–Trinajstić information content (AvgIpc) is 3.32. The summed E-state index contributed by atoms with van der Waals surface area (Å²) in [7, 11) is 1.87. The fraction of sp³-hybridized carbons (Fsp3) is 0.238. The Labute approximate surface area is 163 Å². The van der Waals surface area contributed by atoms with Crippen LogP contribution >= 0.6 is 0 Å². The second-order valence-corrected chi connectivity index (χ2v) is 6.69. The topological polar surface area (TPSA) is 77.6 Å². The molecule has 0 fully saturated rings. The Bertz CT molecular complexity index is 1130. The Hall–Kier alpha value is -3.48. The number of aryl methyl sites for hydroxylation is 3. The van der Waals surface area contributed by atoms with E-state index in [-0.39, 0.29) is 5.91 Å². The Kier molecular flexibility index (Phi) is 4.89. The van der Waals surface area contributed by atoms with E-state index in [0.717, 1.165) is 41.1 Å². The number of carbonyl (C=O) groups excluding carboxylic acids is 1. The Morgan fingerprint density at radius 2 is 2.04 bits per heavy atom. The van der Waals surface area contributed by atoms with Gasteiger partial charge in [-0.1, -0.05) is 18.2 Å². The van der Waals surface area contributed by atoms with E-state index < -0.39 is 0 Å². The van der Waals surface area contributed by atoms with Crippen LogP contribution in [0.4, 0.5) is 0 Å². The van der Waals surface area contributed by atoms with E-state index in [2.05, 4.69) is 20.0 Å². The zero-order valence-corrected chi connectivity index (χ0v) is 16.0. The molecule has 4 aromatic rings. The van der Waals surface area contributed by atoms with Crippen LogP contribution in [0.1, 0.15) is 22.6 Å². The second kappa shape index (κ2) is 7.64. The summed E-state index contributed by atoms with van der Waals surface area (Å²) >= 11 is 0. The van der Waals surface area contributed by atoms with Crippen LogP contribution in [0, 0.1) is 6.92 Å². The van der Waals surface area contributed by atoms with Crippen molar-refractivity contribution in [3.05, 3.63) is 66.4 Å². The number of nitrogens with zero attached hydrogens (tertiary/aromatic N) is 5. The van der Waals surface area contributed by atoms with Crippen molar-refractivity contribution in [1.29, 1.82) is 0 Å². The number of nitrogens with one attached hydrogen (secondary N) is 1. The molecule has 1 amide bonds. The lowest BCUT2D eigenvalue weighted by Crippen LogP contribution is -2.25. The molecule has 1 N–H and O–H groups in total. The Balaban J connectivity index is 1.55. The molecule has 0 unspecified atom stereocenters. The maximum Gasteiger partial charge on any atom is 0.252 e. The van der Waals surface area contributed by atoms with Crippen LogP contribution in [0.3, 0.4) is 0 Å². The zero-order chi connectivity index (χ0) is 19.5. The summed E-state index contributed by atoms with van der Waals surface area (Å²) in [5, 5.41) is 8.09. The zero-order valence-electron chi connectivity index (χ0n) is 16.0. The van der Waals surface area contributed by atoms with Gasteiger partial charge in [-0.3, -0.25) is 9.48 Å². The molecule has 7 heteroatoms. The number of aromatic nitrogens is 5. The third kappa shape index (κ3) is 3.51. The first-order valence-electron chi connectivity index (χ1n) is 9.27. The van der Waals surface area contributed by atoms with Gasteiger partial charge in [0.15, 0.2) is 0 Å². The van der Waals surface area contributed by atoms with Gasteiger partial charge in [0.05, 0.1) is 22.5 Å². The number of amides is 1. The highest BCUT2D eigenvalue weighted by atomic mass is 16.1. The van der Waals surface area contributed by atoms with E-state index in [1.807, 2.05) is 56.6 Å². The van der Waals surface area contributed by atoms with Crippen molar-refractivity contribution in [2.75, 3.05) is 6.54 Å². The molecule has 0 aliphatic rings. The summed E-state index contributed by atoms with van der Waals surface area (Å²) in [6.07, 6.45) is 6.30. The van der Waals surface area contributed by atoms with E-state index in [9.17, 15) is 4.79 Å². The number of pyridine rings is 1. The van der Waals surface area contributed by atoms with E-state index in [0.29, 0.717) is 12.1 Å². The molecule has 0 saturated heterocycles. The molecule has 0 saturated carbocycles. The molecule has 0 bridgehead atoms. The molecule has 0 spiro atoms. The molecule has 28 heavy (non-hydrogen) atoms. The summed E-state index contributed by atoms with van der Waals surface area (Å²) in [6, 6.07) is 11.4. The maximum absolute atomic E-state index is 12.9. The minimum atomic E-state index is -0.0932. The van der Waals surface area contributed by atoms with Gasteiger partial charge in [0.2, 0.25) is 0 Å². The van der Waals surface area contributed by atoms with Crippen LogP contribution in [0.5, 0.6) is 0 Å². The van der Waals surface area contributed by atoms with Gasteiger partial charge < -0.3 is 9.88 Å². The fourth-order valence-electron chi connectivity index (χ4n) is 3.31. The standard InChI is InChI=1S/C21H22N6O/c1-15-22-11-13-27(15)12-5-9-23-21(28)17-14-19(20-8-10-24-26(20)2)25-18-7-4-3-6-16(17)18/h3-4,6-8,10-11,13-14H,5,9,12H2,1-2H3,(H,23,28). The average molecular weight is 374 g/mol. The highest BCUT2D eigenvalue weighted by Gasteiger charge is 2.15. The van der Waals surface area contributed by atoms with Crippen molar-refractivity contribution in [1.82, 2.24) is 29.6 Å². The van der Waals surface area contributed by atoms with Gasteiger partial charge >= 0.3 is 0 Å². The molecule has 3 aromatic heterocycles. The van der Waals surface area contributed by atoms with Gasteiger partial charge in [0.25, 0.3) is 5.91 Å². The van der Waals surface area contributed by atoms with E-state index in [4.69, 9.17) is 4.98 Å². The van der Waals surface area contributed by atoms with Crippen LogP contribution < -0.4 is 5.32 Å². The molecule has 0 atom stereocenters. The second-order valence-electron chi connectivity index (χ2n) is 6.69. The molecule has 1 aromatic carbocycles. The summed E-state index contributed by atoms with van der Waals surface area (Å²) in [5.74, 6) is 0.886. The summed E-state index contributed by atoms with van der Waals surface area (Å²) < 4.78 is 3.83. The van der Waals surface area contributed by atoms with E-state index >= 15 is 0 Å². The third-order valence-electron chi connectivity index (χ3n) is 4.83. The lowest BCUT2D eigenvalue weighted by molar-refractivity contribution is 0.0954. The highest BCUT2D eigenvalue weighted by Crippen LogP contribution is 2.24. The molecule has 0 aliphatic heterocycles.